The van der Waals surface area contributed by atoms with Crippen molar-refractivity contribution in [1.29, 1.82) is 0 Å². The molecule has 0 saturated carbocycles. The summed E-state index contributed by atoms with van der Waals surface area (Å²) in [5.74, 6) is 0. The molecule has 0 aromatic heterocycles. The van der Waals surface area contributed by atoms with Crippen molar-refractivity contribution in [3.05, 3.63) is 261 Å². The van der Waals surface area contributed by atoms with Crippen molar-refractivity contribution >= 4 is 60.2 Å². The Hall–Kier alpha value is -8.52. The third kappa shape index (κ3) is 6.92. The molecule has 0 aliphatic heterocycles. The number of hydrogen-bond acceptors (Lipinski definition) is 1. The SMILES string of the molecule is c1ccc(-c2ccc(-c3ccc(N(c4ccc(-c5ccc6ccccc6c5-c5ccccc5)cc4)c4ccc(-c5cccc6c7ccccc7c7ccccc7c56)cc4)cc3)cc2)cc1. The van der Waals surface area contributed by atoms with E-state index in [0.29, 0.717) is 0 Å². The summed E-state index contributed by atoms with van der Waals surface area (Å²) in [6.45, 7) is 0. The van der Waals surface area contributed by atoms with Gasteiger partial charge in [-0.1, -0.05) is 224 Å². The Labute approximate surface area is 379 Å². The average Bonchev–Trinajstić information content (AvgIpc) is 3.39. The molecule has 0 atom stereocenters. The Kier molecular flexibility index (Phi) is 9.58. The molecule has 12 aromatic carbocycles. The van der Waals surface area contributed by atoms with Gasteiger partial charge in [-0.05, 0) is 135 Å². The van der Waals surface area contributed by atoms with Crippen LogP contribution in [-0.4, -0.2) is 0 Å². The first-order valence-electron chi connectivity index (χ1n) is 22.4. The molecule has 0 fully saturated rings. The van der Waals surface area contributed by atoms with Crippen LogP contribution in [0.2, 0.25) is 0 Å². The maximum Gasteiger partial charge on any atom is 0.0462 e. The van der Waals surface area contributed by atoms with Crippen molar-refractivity contribution in [2.24, 2.45) is 0 Å². The zero-order valence-corrected chi connectivity index (χ0v) is 35.8. The second-order valence-corrected chi connectivity index (χ2v) is 16.8. The van der Waals surface area contributed by atoms with E-state index in [1.807, 2.05) is 0 Å². The van der Waals surface area contributed by atoms with E-state index < -0.39 is 0 Å². The molecule has 0 aliphatic carbocycles. The Morgan fingerprint density at radius 3 is 1.11 bits per heavy atom. The maximum atomic E-state index is 2.38. The summed E-state index contributed by atoms with van der Waals surface area (Å²) in [6.07, 6.45) is 0. The highest BCUT2D eigenvalue weighted by molar-refractivity contribution is 6.28. The van der Waals surface area contributed by atoms with Crippen LogP contribution in [0.25, 0.3) is 98.7 Å². The van der Waals surface area contributed by atoms with Gasteiger partial charge >= 0.3 is 0 Å². The molecule has 0 N–H and O–H groups in total. The standard InChI is InChI=1S/C64H43N/c1-3-14-44(15-4-1)45-26-28-46(29-27-45)47-30-37-52(38-31-47)65(54-41-34-50(35-42-54)57-43-36-48-16-7-8-19-55(48)63(57)51-17-5-2-6-18-51)53-39-32-49(33-40-53)56-24-13-25-62-60-21-10-9-20-58(60)59-22-11-12-23-61(59)64(56)62/h1-43H. The Bertz CT molecular complexity index is 3600. The molecule has 0 spiro atoms. The molecule has 0 radical (unpaired) electrons. The van der Waals surface area contributed by atoms with Gasteiger partial charge in [0.05, 0.1) is 0 Å². The zero-order valence-electron chi connectivity index (χ0n) is 35.8. The molecule has 0 aliphatic rings. The lowest BCUT2D eigenvalue weighted by Crippen LogP contribution is -2.09. The summed E-state index contributed by atoms with van der Waals surface area (Å²) in [6, 6.07) is 95.1. The minimum Gasteiger partial charge on any atom is -0.311 e. The second kappa shape index (κ2) is 16.3. The van der Waals surface area contributed by atoms with Gasteiger partial charge in [-0.3, -0.25) is 0 Å². The van der Waals surface area contributed by atoms with Crippen LogP contribution in [0.15, 0.2) is 261 Å². The van der Waals surface area contributed by atoms with Crippen LogP contribution in [-0.2, 0) is 0 Å². The summed E-state index contributed by atoms with van der Waals surface area (Å²) in [5, 5.41) is 10.2. The van der Waals surface area contributed by atoms with Crippen LogP contribution >= 0.6 is 0 Å². The van der Waals surface area contributed by atoms with Crippen LogP contribution in [0.5, 0.6) is 0 Å². The lowest BCUT2D eigenvalue weighted by Gasteiger charge is -2.26. The van der Waals surface area contributed by atoms with Gasteiger partial charge in [-0.15, -0.1) is 0 Å². The summed E-state index contributed by atoms with van der Waals surface area (Å²) < 4.78 is 0. The van der Waals surface area contributed by atoms with Crippen molar-refractivity contribution in [1.82, 2.24) is 0 Å². The van der Waals surface area contributed by atoms with Crippen molar-refractivity contribution in [2.45, 2.75) is 0 Å². The van der Waals surface area contributed by atoms with Gasteiger partial charge in [0.1, 0.15) is 0 Å². The first-order valence-corrected chi connectivity index (χ1v) is 22.4. The molecule has 12 rings (SSSR count). The largest absolute Gasteiger partial charge is 0.311 e. The molecule has 12 aromatic rings. The molecule has 0 saturated heterocycles. The topological polar surface area (TPSA) is 3.24 Å². The Morgan fingerprint density at radius 1 is 0.200 bits per heavy atom. The fourth-order valence-electron chi connectivity index (χ4n) is 9.94. The van der Waals surface area contributed by atoms with E-state index in [1.54, 1.807) is 0 Å². The molecule has 0 heterocycles. The Morgan fingerprint density at radius 2 is 0.569 bits per heavy atom. The number of nitrogens with zero attached hydrogens (tertiary/aromatic N) is 1. The molecular weight excluding hydrogens is 783 g/mol. The highest BCUT2D eigenvalue weighted by Gasteiger charge is 2.18. The van der Waals surface area contributed by atoms with Crippen LogP contribution in [0.4, 0.5) is 17.1 Å². The van der Waals surface area contributed by atoms with Gasteiger partial charge in [0.2, 0.25) is 0 Å². The van der Waals surface area contributed by atoms with Gasteiger partial charge in [-0.2, -0.15) is 0 Å². The van der Waals surface area contributed by atoms with E-state index in [0.717, 1.165) is 17.1 Å². The van der Waals surface area contributed by atoms with E-state index in [9.17, 15) is 0 Å². The lowest BCUT2D eigenvalue weighted by molar-refractivity contribution is 1.28. The predicted molar refractivity (Wildman–Crippen MR) is 278 cm³/mol. The number of rotatable bonds is 8. The number of benzene rings is 12. The zero-order chi connectivity index (χ0) is 43.1. The minimum atomic E-state index is 1.09. The number of hydrogen-bond donors (Lipinski definition) is 0. The molecule has 1 heteroatoms. The molecule has 0 amide bonds. The van der Waals surface area contributed by atoms with Gasteiger partial charge < -0.3 is 4.90 Å². The number of anilines is 3. The molecule has 0 bridgehead atoms. The molecule has 1 nitrogen and oxygen atoms in total. The fourth-order valence-corrected chi connectivity index (χ4v) is 9.94. The maximum absolute atomic E-state index is 2.38. The first-order chi connectivity index (χ1) is 32.2. The molecule has 0 unspecified atom stereocenters. The van der Waals surface area contributed by atoms with Gasteiger partial charge in [0, 0.05) is 17.1 Å². The summed E-state index contributed by atoms with van der Waals surface area (Å²) >= 11 is 0. The van der Waals surface area contributed by atoms with E-state index in [4.69, 9.17) is 0 Å². The third-order valence-electron chi connectivity index (χ3n) is 13.1. The van der Waals surface area contributed by atoms with Crippen LogP contribution in [0.3, 0.4) is 0 Å². The monoisotopic (exact) mass is 825 g/mol. The lowest BCUT2D eigenvalue weighted by atomic mass is 9.89. The average molecular weight is 826 g/mol. The quantitative estimate of drug-likeness (QED) is 0.138. The van der Waals surface area contributed by atoms with Crippen molar-refractivity contribution < 1.29 is 0 Å². The molecular formula is C64H43N. The molecule has 65 heavy (non-hydrogen) atoms. The van der Waals surface area contributed by atoms with E-state index in [-0.39, 0.29) is 0 Å². The van der Waals surface area contributed by atoms with Gasteiger partial charge in [-0.25, -0.2) is 0 Å². The summed E-state index contributed by atoms with van der Waals surface area (Å²) in [4.78, 5) is 2.38. The highest BCUT2D eigenvalue weighted by atomic mass is 15.1. The van der Waals surface area contributed by atoms with Crippen LogP contribution in [0.1, 0.15) is 0 Å². The number of fused-ring (bicyclic) bond motifs is 7. The Balaban J connectivity index is 0.956. The summed E-state index contributed by atoms with van der Waals surface area (Å²) in [5.41, 5.74) is 15.4. The third-order valence-corrected chi connectivity index (χ3v) is 13.1. The second-order valence-electron chi connectivity index (χ2n) is 16.8. The van der Waals surface area contributed by atoms with E-state index in [2.05, 4.69) is 266 Å². The van der Waals surface area contributed by atoms with Crippen LogP contribution < -0.4 is 4.90 Å². The smallest absolute Gasteiger partial charge is 0.0462 e. The first kappa shape index (κ1) is 38.2. The van der Waals surface area contributed by atoms with Crippen molar-refractivity contribution in [2.75, 3.05) is 4.90 Å². The van der Waals surface area contributed by atoms with Crippen molar-refractivity contribution in [3.63, 3.8) is 0 Å². The van der Waals surface area contributed by atoms with E-state index >= 15 is 0 Å². The highest BCUT2D eigenvalue weighted by Crippen LogP contribution is 2.44. The minimum absolute atomic E-state index is 1.09. The van der Waals surface area contributed by atoms with Crippen molar-refractivity contribution in [3.8, 4) is 55.6 Å². The predicted octanol–water partition coefficient (Wildman–Crippen LogP) is 18.1. The normalized spacial score (nSPS) is 11.4. The van der Waals surface area contributed by atoms with Gasteiger partial charge in [0.25, 0.3) is 0 Å². The fraction of sp³-hybridized carbons (Fsp3) is 0. The molecule has 304 valence electrons. The van der Waals surface area contributed by atoms with Crippen LogP contribution in [0, 0.1) is 0 Å². The van der Waals surface area contributed by atoms with Gasteiger partial charge in [0.15, 0.2) is 0 Å². The van der Waals surface area contributed by atoms with E-state index in [1.165, 1.54) is 98.7 Å². The summed E-state index contributed by atoms with van der Waals surface area (Å²) in [7, 11) is 0.